The maximum Gasteiger partial charge on any atom is 0.193 e. The van der Waals surface area contributed by atoms with Crippen LogP contribution in [0.2, 0.25) is 0 Å². The Morgan fingerprint density at radius 2 is 2.00 bits per heavy atom. The number of nitrogens with one attached hydrogen (secondary N) is 1. The van der Waals surface area contributed by atoms with Crippen LogP contribution in [-0.2, 0) is 13.6 Å². The van der Waals surface area contributed by atoms with Crippen molar-refractivity contribution >= 4 is 5.96 Å². The second-order valence-electron chi connectivity index (χ2n) is 5.60. The number of guanidine groups is 1. The summed E-state index contributed by atoms with van der Waals surface area (Å²) in [5.74, 6) is 1.75. The van der Waals surface area contributed by atoms with E-state index < -0.39 is 0 Å². The average molecular weight is 314 g/mol. The summed E-state index contributed by atoms with van der Waals surface area (Å²) in [4.78, 5) is 6.42. The Kier molecular flexibility index (Phi) is 6.09. The molecular formula is C18H26N4O. The fraction of sp³-hybridized carbons (Fsp3) is 0.389. The summed E-state index contributed by atoms with van der Waals surface area (Å²) in [7, 11) is 5.88. The molecule has 0 saturated carbocycles. The molecule has 0 aliphatic rings. The number of nitrogens with zero attached hydrogens (tertiary/aromatic N) is 3. The molecule has 1 aromatic carbocycles. The zero-order valence-electron chi connectivity index (χ0n) is 14.4. The Hall–Kier alpha value is -2.43. The molecule has 0 amide bonds. The fourth-order valence-electron chi connectivity index (χ4n) is 2.33. The molecule has 5 nitrogen and oxygen atoms in total. The van der Waals surface area contributed by atoms with E-state index in [-0.39, 0.29) is 0 Å². The molecule has 0 unspecified atom stereocenters. The molecule has 0 aliphatic heterocycles. The molecule has 0 radical (unpaired) electrons. The third-order valence-corrected chi connectivity index (χ3v) is 3.70. The first-order chi connectivity index (χ1) is 11.1. The van der Waals surface area contributed by atoms with Gasteiger partial charge in [-0.25, -0.2) is 0 Å². The molecule has 2 rings (SSSR count). The molecule has 23 heavy (non-hydrogen) atoms. The van der Waals surface area contributed by atoms with Crippen molar-refractivity contribution in [2.24, 2.45) is 12.0 Å². The second kappa shape index (κ2) is 8.27. The molecule has 0 saturated heterocycles. The van der Waals surface area contributed by atoms with Gasteiger partial charge in [0.25, 0.3) is 0 Å². The van der Waals surface area contributed by atoms with Crippen molar-refractivity contribution in [3.63, 3.8) is 0 Å². The highest BCUT2D eigenvalue weighted by Gasteiger charge is 2.07. The number of hydrogen-bond donors (Lipinski definition) is 1. The van der Waals surface area contributed by atoms with Gasteiger partial charge in [0.05, 0.1) is 13.1 Å². The predicted molar refractivity (Wildman–Crippen MR) is 94.9 cm³/mol. The van der Waals surface area contributed by atoms with Crippen molar-refractivity contribution in [1.29, 1.82) is 0 Å². The van der Waals surface area contributed by atoms with E-state index in [4.69, 9.17) is 4.74 Å². The highest BCUT2D eigenvalue weighted by molar-refractivity contribution is 5.79. The van der Waals surface area contributed by atoms with Crippen molar-refractivity contribution in [3.05, 3.63) is 53.9 Å². The first-order valence-corrected chi connectivity index (χ1v) is 7.81. The van der Waals surface area contributed by atoms with Crippen LogP contribution in [0.1, 0.15) is 11.3 Å². The van der Waals surface area contributed by atoms with E-state index in [9.17, 15) is 0 Å². The summed E-state index contributed by atoms with van der Waals surface area (Å²) >= 11 is 0. The van der Waals surface area contributed by atoms with Crippen LogP contribution < -0.4 is 10.1 Å². The summed E-state index contributed by atoms with van der Waals surface area (Å²) in [6.07, 6.45) is 2.05. The normalized spacial score (nSPS) is 11.4. The molecule has 1 aromatic heterocycles. The lowest BCUT2D eigenvalue weighted by Crippen LogP contribution is -2.40. The molecule has 5 heteroatoms. The third kappa shape index (κ3) is 5.06. The van der Waals surface area contributed by atoms with Gasteiger partial charge in [-0.15, -0.1) is 0 Å². The van der Waals surface area contributed by atoms with Crippen molar-refractivity contribution < 1.29 is 4.74 Å². The zero-order valence-corrected chi connectivity index (χ0v) is 14.4. The Labute approximate surface area is 138 Å². The molecule has 0 fully saturated rings. The van der Waals surface area contributed by atoms with Crippen LogP contribution >= 0.6 is 0 Å². The van der Waals surface area contributed by atoms with Crippen molar-refractivity contribution in [2.75, 3.05) is 27.2 Å². The number of aliphatic imine (C=N–C) groups is 1. The minimum absolute atomic E-state index is 0.597. The van der Waals surface area contributed by atoms with Crippen LogP contribution in [-0.4, -0.2) is 42.7 Å². The van der Waals surface area contributed by atoms with Gasteiger partial charge in [0.15, 0.2) is 5.96 Å². The second-order valence-corrected chi connectivity index (χ2v) is 5.60. The van der Waals surface area contributed by atoms with Crippen LogP contribution in [0.5, 0.6) is 5.75 Å². The quantitative estimate of drug-likeness (QED) is 0.506. The van der Waals surface area contributed by atoms with E-state index in [2.05, 4.69) is 64.2 Å². The number of aryl methyl sites for hydroxylation is 2. The monoisotopic (exact) mass is 314 g/mol. The topological polar surface area (TPSA) is 41.8 Å². The Morgan fingerprint density at radius 3 is 2.61 bits per heavy atom. The number of benzene rings is 1. The fourth-order valence-corrected chi connectivity index (χ4v) is 2.33. The minimum atomic E-state index is 0.597. The molecule has 1 N–H and O–H groups in total. The molecule has 124 valence electrons. The lowest BCUT2D eigenvalue weighted by Gasteiger charge is -2.22. The van der Waals surface area contributed by atoms with E-state index >= 15 is 0 Å². The number of hydrogen-bond acceptors (Lipinski definition) is 2. The summed E-state index contributed by atoms with van der Waals surface area (Å²) in [6, 6.07) is 12.3. The SMILES string of the molecule is CN=C(NCCOc1ccc(C)cc1)N(C)Cc1cccn1C. The van der Waals surface area contributed by atoms with Gasteiger partial charge in [0, 0.05) is 33.0 Å². The van der Waals surface area contributed by atoms with Crippen LogP contribution in [0.15, 0.2) is 47.6 Å². The Balaban J connectivity index is 1.76. The van der Waals surface area contributed by atoms with Crippen molar-refractivity contribution in [3.8, 4) is 5.75 Å². The van der Waals surface area contributed by atoms with E-state index in [1.807, 2.05) is 19.2 Å². The van der Waals surface area contributed by atoms with Gasteiger partial charge in [0.1, 0.15) is 12.4 Å². The lowest BCUT2D eigenvalue weighted by atomic mass is 10.2. The first-order valence-electron chi connectivity index (χ1n) is 7.81. The first kappa shape index (κ1) is 16.9. The third-order valence-electron chi connectivity index (χ3n) is 3.70. The van der Waals surface area contributed by atoms with Gasteiger partial charge in [-0.1, -0.05) is 17.7 Å². The Morgan fingerprint density at radius 1 is 1.26 bits per heavy atom. The Bertz CT molecular complexity index is 631. The predicted octanol–water partition coefficient (Wildman–Crippen LogP) is 2.42. The molecule has 2 aromatic rings. The molecule has 0 aliphatic carbocycles. The highest BCUT2D eigenvalue weighted by Crippen LogP contribution is 2.10. The molecular weight excluding hydrogens is 288 g/mol. The number of aromatic nitrogens is 1. The summed E-state index contributed by atoms with van der Waals surface area (Å²) in [6.45, 7) is 4.18. The standard InChI is InChI=1S/C18H26N4O/c1-15-7-9-17(10-8-15)23-13-11-20-18(19-2)22(4)14-16-6-5-12-21(16)3/h5-10,12H,11,13-14H2,1-4H3,(H,19,20). The van der Waals surface area contributed by atoms with Gasteiger partial charge in [-0.05, 0) is 31.2 Å². The van der Waals surface area contributed by atoms with Crippen molar-refractivity contribution in [1.82, 2.24) is 14.8 Å². The van der Waals surface area contributed by atoms with Crippen LogP contribution in [0, 0.1) is 6.92 Å². The number of ether oxygens (including phenoxy) is 1. The van der Waals surface area contributed by atoms with E-state index in [1.54, 1.807) is 7.05 Å². The largest absolute Gasteiger partial charge is 0.492 e. The van der Waals surface area contributed by atoms with Crippen LogP contribution in [0.25, 0.3) is 0 Å². The van der Waals surface area contributed by atoms with Crippen LogP contribution in [0.4, 0.5) is 0 Å². The summed E-state index contributed by atoms with van der Waals surface area (Å²) in [5.41, 5.74) is 2.48. The lowest BCUT2D eigenvalue weighted by molar-refractivity contribution is 0.319. The highest BCUT2D eigenvalue weighted by atomic mass is 16.5. The summed E-state index contributed by atoms with van der Waals surface area (Å²) in [5, 5.41) is 3.32. The van der Waals surface area contributed by atoms with Gasteiger partial charge in [-0.3, -0.25) is 4.99 Å². The van der Waals surface area contributed by atoms with Gasteiger partial charge >= 0.3 is 0 Å². The summed E-state index contributed by atoms with van der Waals surface area (Å²) < 4.78 is 7.84. The maximum atomic E-state index is 5.72. The zero-order chi connectivity index (χ0) is 16.7. The van der Waals surface area contributed by atoms with E-state index in [0.717, 1.165) is 18.3 Å². The average Bonchev–Trinajstić information content (AvgIpc) is 2.94. The van der Waals surface area contributed by atoms with Gasteiger partial charge in [0.2, 0.25) is 0 Å². The minimum Gasteiger partial charge on any atom is -0.492 e. The van der Waals surface area contributed by atoms with Gasteiger partial charge in [-0.2, -0.15) is 0 Å². The maximum absolute atomic E-state index is 5.72. The molecule has 0 bridgehead atoms. The van der Waals surface area contributed by atoms with E-state index in [0.29, 0.717) is 13.2 Å². The van der Waals surface area contributed by atoms with Crippen molar-refractivity contribution in [2.45, 2.75) is 13.5 Å². The molecule has 0 atom stereocenters. The number of rotatable bonds is 6. The smallest absolute Gasteiger partial charge is 0.193 e. The molecule has 0 spiro atoms. The van der Waals surface area contributed by atoms with Gasteiger partial charge < -0.3 is 19.5 Å². The molecule has 1 heterocycles. The van der Waals surface area contributed by atoms with Crippen LogP contribution in [0.3, 0.4) is 0 Å². The van der Waals surface area contributed by atoms with E-state index in [1.165, 1.54) is 11.3 Å².